The van der Waals surface area contributed by atoms with Crippen molar-refractivity contribution in [3.05, 3.63) is 0 Å². The van der Waals surface area contributed by atoms with Crippen molar-refractivity contribution in [3.63, 3.8) is 0 Å². The van der Waals surface area contributed by atoms with Gasteiger partial charge in [-0.15, -0.1) is 0 Å². The maximum atomic E-state index is 12.9. The van der Waals surface area contributed by atoms with Gasteiger partial charge in [0.05, 0.1) is 0 Å². The van der Waals surface area contributed by atoms with Crippen LogP contribution in [0.4, 0.5) is 18.0 Å². The fourth-order valence-electron chi connectivity index (χ4n) is 3.05. The Morgan fingerprint density at radius 3 is 2.33 bits per heavy atom. The van der Waals surface area contributed by atoms with Gasteiger partial charge in [-0.05, 0) is 32.1 Å². The molecule has 120 valence electrons. The van der Waals surface area contributed by atoms with E-state index in [4.69, 9.17) is 0 Å². The molecule has 1 atom stereocenters. The molecule has 1 unspecified atom stereocenters. The molecule has 5 nitrogen and oxygen atoms in total. The van der Waals surface area contributed by atoms with E-state index in [1.807, 2.05) is 5.32 Å². The Morgan fingerprint density at radius 2 is 1.90 bits per heavy atom. The van der Waals surface area contributed by atoms with Crippen molar-refractivity contribution >= 4 is 12.0 Å². The van der Waals surface area contributed by atoms with E-state index in [2.05, 4.69) is 0 Å². The minimum absolute atomic E-state index is 0.149. The Bertz CT molecular complexity index is 448. The van der Waals surface area contributed by atoms with Crippen LogP contribution in [0, 0.1) is 0 Å². The summed E-state index contributed by atoms with van der Waals surface area (Å²) in [5.74, 6) is -1.14. The fraction of sp³-hybridized carbons (Fsp3) is 0.846. The lowest BCUT2D eigenvalue weighted by molar-refractivity contribution is -0.163. The van der Waals surface area contributed by atoms with Gasteiger partial charge in [0.1, 0.15) is 11.1 Å². The molecule has 2 amide bonds. The quantitative estimate of drug-likeness (QED) is 0.838. The zero-order chi connectivity index (χ0) is 15.9. The van der Waals surface area contributed by atoms with Crippen molar-refractivity contribution in [1.29, 1.82) is 0 Å². The Labute approximate surface area is 120 Å². The number of amides is 2. The monoisotopic (exact) mass is 308 g/mol. The smallest absolute Gasteiger partial charge is 0.411 e. The van der Waals surface area contributed by atoms with Gasteiger partial charge in [0.2, 0.25) is 0 Å². The standard InChI is InChI=1S/C13H19F3N2O3/c1-2-4-11(9(19)20)5-3-8-18(11)10(21)17-12(6-7-12)13(14,15)16/h2-8H2,1H3,(H,17,21)(H,19,20). The molecule has 1 heterocycles. The molecule has 1 aliphatic heterocycles. The minimum Gasteiger partial charge on any atom is -0.479 e. The molecule has 2 rings (SSSR count). The zero-order valence-electron chi connectivity index (χ0n) is 11.8. The summed E-state index contributed by atoms with van der Waals surface area (Å²) in [5.41, 5.74) is -3.54. The first kappa shape index (κ1) is 15.9. The number of carboxylic acid groups (broad SMARTS) is 1. The van der Waals surface area contributed by atoms with Crippen LogP contribution in [0.1, 0.15) is 45.4 Å². The predicted octanol–water partition coefficient (Wildman–Crippen LogP) is 2.51. The van der Waals surface area contributed by atoms with Gasteiger partial charge < -0.3 is 15.3 Å². The number of alkyl halides is 3. The largest absolute Gasteiger partial charge is 0.479 e. The minimum atomic E-state index is -4.50. The van der Waals surface area contributed by atoms with Crippen molar-refractivity contribution in [2.75, 3.05) is 6.54 Å². The van der Waals surface area contributed by atoms with Gasteiger partial charge in [-0.2, -0.15) is 13.2 Å². The Kier molecular flexibility index (Phi) is 3.84. The van der Waals surface area contributed by atoms with E-state index in [0.717, 1.165) is 4.90 Å². The molecule has 0 aromatic rings. The first-order valence-corrected chi connectivity index (χ1v) is 7.08. The molecule has 1 saturated heterocycles. The number of carbonyl (C=O) groups is 2. The van der Waals surface area contributed by atoms with Gasteiger partial charge in [0.15, 0.2) is 0 Å². The average molecular weight is 308 g/mol. The molecular weight excluding hydrogens is 289 g/mol. The Morgan fingerprint density at radius 1 is 1.29 bits per heavy atom. The molecule has 1 aliphatic carbocycles. The van der Waals surface area contributed by atoms with Crippen LogP contribution in [0.15, 0.2) is 0 Å². The second-order valence-corrected chi connectivity index (χ2v) is 5.85. The number of hydrogen-bond acceptors (Lipinski definition) is 2. The highest BCUT2D eigenvalue weighted by atomic mass is 19.4. The van der Waals surface area contributed by atoms with Crippen molar-refractivity contribution < 1.29 is 27.9 Å². The Balaban J connectivity index is 2.16. The zero-order valence-corrected chi connectivity index (χ0v) is 11.8. The van der Waals surface area contributed by atoms with Crippen molar-refractivity contribution in [2.24, 2.45) is 0 Å². The molecule has 8 heteroatoms. The third-order valence-electron chi connectivity index (χ3n) is 4.43. The van der Waals surface area contributed by atoms with Gasteiger partial charge in [0.25, 0.3) is 0 Å². The lowest BCUT2D eigenvalue weighted by Gasteiger charge is -2.36. The second kappa shape index (κ2) is 5.06. The summed E-state index contributed by atoms with van der Waals surface area (Å²) in [6.07, 6.45) is -3.25. The highest BCUT2D eigenvalue weighted by Gasteiger charge is 2.65. The van der Waals surface area contributed by atoms with E-state index in [1.165, 1.54) is 0 Å². The molecule has 2 aliphatic rings. The third kappa shape index (κ3) is 2.55. The second-order valence-electron chi connectivity index (χ2n) is 5.85. The normalized spacial score (nSPS) is 27.5. The fourth-order valence-corrected chi connectivity index (χ4v) is 3.05. The van der Waals surface area contributed by atoms with Crippen LogP contribution in [0.3, 0.4) is 0 Å². The molecule has 2 N–H and O–H groups in total. The summed E-state index contributed by atoms with van der Waals surface area (Å²) < 4.78 is 38.7. The van der Waals surface area contributed by atoms with Crippen LogP contribution in [0.5, 0.6) is 0 Å². The lowest BCUT2D eigenvalue weighted by atomic mass is 9.91. The van der Waals surface area contributed by atoms with Crippen molar-refractivity contribution in [2.45, 2.75) is 62.7 Å². The van der Waals surface area contributed by atoms with E-state index in [-0.39, 0.29) is 32.2 Å². The molecule has 1 saturated carbocycles. The first-order chi connectivity index (χ1) is 9.68. The van der Waals surface area contributed by atoms with Crippen LogP contribution in [0.2, 0.25) is 0 Å². The SMILES string of the molecule is CCCC1(C(=O)O)CCCN1C(=O)NC1(C(F)(F)F)CC1. The summed E-state index contributed by atoms with van der Waals surface area (Å²) in [6, 6.07) is -0.918. The van der Waals surface area contributed by atoms with Crippen LogP contribution >= 0.6 is 0 Å². The topological polar surface area (TPSA) is 69.6 Å². The van der Waals surface area contributed by atoms with Crippen LogP contribution in [-0.4, -0.2) is 45.8 Å². The summed E-state index contributed by atoms with van der Waals surface area (Å²) >= 11 is 0. The number of carbonyl (C=O) groups excluding carboxylic acids is 1. The number of rotatable bonds is 4. The number of aliphatic carboxylic acids is 1. The average Bonchev–Trinajstić information content (AvgIpc) is 3.02. The lowest BCUT2D eigenvalue weighted by Crippen LogP contribution is -2.59. The van der Waals surface area contributed by atoms with Gasteiger partial charge in [-0.1, -0.05) is 13.3 Å². The number of likely N-dealkylation sites (tertiary alicyclic amines) is 1. The molecule has 21 heavy (non-hydrogen) atoms. The highest BCUT2D eigenvalue weighted by Crippen LogP contribution is 2.49. The molecule has 0 aromatic carbocycles. The summed E-state index contributed by atoms with van der Waals surface area (Å²) in [4.78, 5) is 24.8. The van der Waals surface area contributed by atoms with Gasteiger partial charge in [-0.3, -0.25) is 0 Å². The van der Waals surface area contributed by atoms with Crippen LogP contribution < -0.4 is 5.32 Å². The molecule has 0 spiro atoms. The maximum absolute atomic E-state index is 12.9. The maximum Gasteiger partial charge on any atom is 0.411 e. The number of urea groups is 1. The third-order valence-corrected chi connectivity index (χ3v) is 4.43. The van der Waals surface area contributed by atoms with Gasteiger partial charge >= 0.3 is 18.2 Å². The van der Waals surface area contributed by atoms with E-state index >= 15 is 0 Å². The highest BCUT2D eigenvalue weighted by molar-refractivity contribution is 5.87. The summed E-state index contributed by atoms with van der Waals surface area (Å²) in [6.45, 7) is 1.96. The summed E-state index contributed by atoms with van der Waals surface area (Å²) in [5, 5.41) is 11.5. The molecule has 0 bridgehead atoms. The van der Waals surface area contributed by atoms with Crippen molar-refractivity contribution in [3.8, 4) is 0 Å². The molecular formula is C13H19F3N2O3. The summed E-state index contributed by atoms with van der Waals surface area (Å²) in [7, 11) is 0. The van der Waals surface area contributed by atoms with E-state index in [0.29, 0.717) is 12.8 Å². The number of nitrogens with one attached hydrogen (secondary N) is 1. The molecule has 2 fully saturated rings. The van der Waals surface area contributed by atoms with E-state index in [1.54, 1.807) is 6.92 Å². The predicted molar refractivity (Wildman–Crippen MR) is 67.8 cm³/mol. The number of nitrogens with zero attached hydrogens (tertiary/aromatic N) is 1. The molecule has 0 aromatic heterocycles. The van der Waals surface area contributed by atoms with Crippen molar-refractivity contribution in [1.82, 2.24) is 10.2 Å². The van der Waals surface area contributed by atoms with Crippen LogP contribution in [-0.2, 0) is 4.79 Å². The number of carboxylic acids is 1. The van der Waals surface area contributed by atoms with Gasteiger partial charge in [0, 0.05) is 6.54 Å². The van der Waals surface area contributed by atoms with Crippen LogP contribution in [0.25, 0.3) is 0 Å². The van der Waals surface area contributed by atoms with Gasteiger partial charge in [-0.25, -0.2) is 9.59 Å². The Hall–Kier alpha value is -1.47. The van der Waals surface area contributed by atoms with E-state index in [9.17, 15) is 27.9 Å². The number of hydrogen-bond donors (Lipinski definition) is 2. The first-order valence-electron chi connectivity index (χ1n) is 7.08. The number of halogens is 3. The molecule has 0 radical (unpaired) electrons. The van der Waals surface area contributed by atoms with E-state index < -0.39 is 29.3 Å².